The van der Waals surface area contributed by atoms with Gasteiger partial charge in [-0.05, 0) is 63.3 Å². The predicted octanol–water partition coefficient (Wildman–Crippen LogP) is 2.46. The van der Waals surface area contributed by atoms with Crippen LogP contribution in [-0.4, -0.2) is 64.1 Å². The van der Waals surface area contributed by atoms with Crippen LogP contribution in [0.15, 0.2) is 46.9 Å². The van der Waals surface area contributed by atoms with E-state index in [2.05, 4.69) is 37.6 Å². The van der Waals surface area contributed by atoms with E-state index in [1.165, 1.54) is 16.1 Å². The number of fused-ring (bicyclic) bond motifs is 1. The number of hydrazine groups is 1. The third kappa shape index (κ3) is 6.68. The van der Waals surface area contributed by atoms with Gasteiger partial charge in [0.25, 0.3) is 5.89 Å². The number of nitrogens with zero attached hydrogens (tertiary/aromatic N) is 6. The van der Waals surface area contributed by atoms with Gasteiger partial charge in [0.1, 0.15) is 5.75 Å². The zero-order chi connectivity index (χ0) is 29.1. The molecule has 0 saturated carbocycles. The molecule has 1 aliphatic heterocycles. The minimum Gasteiger partial charge on any atom is -0.497 e. The third-order valence-electron chi connectivity index (χ3n) is 7.19. The van der Waals surface area contributed by atoms with Crippen LogP contribution in [0.5, 0.6) is 5.75 Å². The van der Waals surface area contributed by atoms with Crippen molar-refractivity contribution in [1.82, 2.24) is 25.2 Å². The van der Waals surface area contributed by atoms with Gasteiger partial charge in [0.05, 0.1) is 18.1 Å². The summed E-state index contributed by atoms with van der Waals surface area (Å²) in [6, 6.07) is 6.80. The fourth-order valence-corrected chi connectivity index (χ4v) is 4.87. The van der Waals surface area contributed by atoms with Crippen LogP contribution in [0.3, 0.4) is 0 Å². The molecule has 2 atom stereocenters. The number of hydrogen-bond acceptors (Lipinski definition) is 13. The minimum absolute atomic E-state index is 0.0335. The molecule has 1 aliphatic carbocycles. The second kappa shape index (κ2) is 11.6. The van der Waals surface area contributed by atoms with Crippen LogP contribution in [0.4, 0.5) is 12.0 Å². The van der Waals surface area contributed by atoms with Gasteiger partial charge in [0, 0.05) is 49.3 Å². The molecule has 1 saturated heterocycles. The SMILES string of the molecule is COc1ccc2c(c1)CC(Nc1ncc(-c3nnc(N4CCC(/C(N)=C/N(N)COC(=O)C(C)(C)C)C4)o3)cn1)C2. The van der Waals surface area contributed by atoms with E-state index in [4.69, 9.17) is 25.5 Å². The molecule has 5 N–H and O–H groups in total. The van der Waals surface area contributed by atoms with Crippen LogP contribution >= 0.6 is 0 Å². The molecule has 2 aromatic heterocycles. The van der Waals surface area contributed by atoms with Gasteiger partial charge < -0.3 is 29.8 Å². The molecular formula is C28H37N9O4. The molecule has 2 unspecified atom stereocenters. The van der Waals surface area contributed by atoms with Crippen LogP contribution in [0.1, 0.15) is 38.3 Å². The van der Waals surface area contributed by atoms with Gasteiger partial charge in [0.15, 0.2) is 6.73 Å². The number of ether oxygens (including phenoxy) is 2. The second-order valence-electron chi connectivity index (χ2n) is 11.5. The van der Waals surface area contributed by atoms with Crippen molar-refractivity contribution in [3.05, 3.63) is 53.6 Å². The maximum atomic E-state index is 12.0. The first-order valence-corrected chi connectivity index (χ1v) is 13.6. The molecule has 0 spiro atoms. The molecule has 2 aliphatic rings. The Kier molecular flexibility index (Phi) is 7.97. The zero-order valence-electron chi connectivity index (χ0n) is 23.8. The Hall–Kier alpha value is -4.39. The number of esters is 1. The Balaban J connectivity index is 1.13. The summed E-state index contributed by atoms with van der Waals surface area (Å²) < 4.78 is 16.5. The Labute approximate surface area is 238 Å². The number of benzene rings is 1. The van der Waals surface area contributed by atoms with Crippen molar-refractivity contribution >= 4 is 17.9 Å². The summed E-state index contributed by atoms with van der Waals surface area (Å²) in [7, 11) is 1.68. The molecule has 3 heterocycles. The average molecular weight is 564 g/mol. The van der Waals surface area contributed by atoms with E-state index in [1.807, 2.05) is 11.0 Å². The van der Waals surface area contributed by atoms with Gasteiger partial charge in [-0.15, -0.1) is 5.10 Å². The topological polar surface area (TPSA) is 171 Å². The largest absolute Gasteiger partial charge is 0.497 e. The number of anilines is 2. The highest BCUT2D eigenvalue weighted by Crippen LogP contribution is 2.30. The van der Waals surface area contributed by atoms with E-state index in [9.17, 15) is 4.79 Å². The number of nitrogens with two attached hydrogens (primary N) is 2. The smallest absolute Gasteiger partial charge is 0.318 e. The first-order valence-electron chi connectivity index (χ1n) is 13.6. The highest BCUT2D eigenvalue weighted by molar-refractivity contribution is 5.75. The van der Waals surface area contributed by atoms with Gasteiger partial charge in [-0.1, -0.05) is 11.2 Å². The van der Waals surface area contributed by atoms with E-state index in [0.717, 1.165) is 25.0 Å². The van der Waals surface area contributed by atoms with Gasteiger partial charge in [0.2, 0.25) is 5.95 Å². The third-order valence-corrected chi connectivity index (χ3v) is 7.19. The lowest BCUT2D eigenvalue weighted by Crippen LogP contribution is -2.34. The quantitative estimate of drug-likeness (QED) is 0.150. The number of hydrogen-bond donors (Lipinski definition) is 3. The minimum atomic E-state index is -0.603. The maximum absolute atomic E-state index is 12.0. The summed E-state index contributed by atoms with van der Waals surface area (Å²) in [5, 5.41) is 13.1. The summed E-state index contributed by atoms with van der Waals surface area (Å²) >= 11 is 0. The second-order valence-corrected chi connectivity index (χ2v) is 11.5. The molecule has 13 heteroatoms. The Bertz CT molecular complexity index is 1400. The Morgan fingerprint density at radius 1 is 1.22 bits per heavy atom. The van der Waals surface area contributed by atoms with Gasteiger partial charge in [-0.2, -0.15) is 0 Å². The highest BCUT2D eigenvalue weighted by atomic mass is 16.5. The summed E-state index contributed by atoms with van der Waals surface area (Å²) in [5.41, 5.74) is 9.50. The van der Waals surface area contributed by atoms with Crippen molar-refractivity contribution in [2.75, 3.05) is 37.1 Å². The first-order chi connectivity index (χ1) is 19.6. The van der Waals surface area contributed by atoms with Crippen molar-refractivity contribution in [3.8, 4) is 17.2 Å². The van der Waals surface area contributed by atoms with E-state index in [1.54, 1.807) is 46.5 Å². The van der Waals surface area contributed by atoms with Crippen LogP contribution in [0.2, 0.25) is 0 Å². The summed E-state index contributed by atoms with van der Waals surface area (Å²) in [4.78, 5) is 22.9. The lowest BCUT2D eigenvalue weighted by atomic mass is 9.98. The number of aromatic nitrogens is 4. The fraction of sp³-hybridized carbons (Fsp3) is 0.464. The molecule has 1 aromatic carbocycles. The Morgan fingerprint density at radius 2 is 1.98 bits per heavy atom. The molecule has 1 fully saturated rings. The molecule has 41 heavy (non-hydrogen) atoms. The van der Waals surface area contributed by atoms with Crippen molar-refractivity contribution in [3.63, 3.8) is 0 Å². The lowest BCUT2D eigenvalue weighted by molar-refractivity contribution is -0.156. The van der Waals surface area contributed by atoms with E-state index >= 15 is 0 Å². The molecule has 3 aromatic rings. The van der Waals surface area contributed by atoms with Crippen molar-refractivity contribution in [1.29, 1.82) is 0 Å². The molecule has 0 radical (unpaired) electrons. The van der Waals surface area contributed by atoms with Crippen LogP contribution in [0, 0.1) is 11.3 Å². The first kappa shape index (κ1) is 28.1. The number of nitrogens with one attached hydrogen (secondary N) is 1. The normalized spacial score (nSPS) is 18.8. The number of methoxy groups -OCH3 is 1. The van der Waals surface area contributed by atoms with E-state index in [-0.39, 0.29) is 24.7 Å². The van der Waals surface area contributed by atoms with Crippen LogP contribution < -0.4 is 26.5 Å². The molecule has 0 bridgehead atoms. The molecule has 5 rings (SSSR count). The number of carbonyl (C=O) groups excluding carboxylic acids is 1. The summed E-state index contributed by atoms with van der Waals surface area (Å²) in [6.07, 6.45) is 7.52. The zero-order valence-corrected chi connectivity index (χ0v) is 23.8. The summed E-state index contributed by atoms with van der Waals surface area (Å²) in [5.74, 6) is 7.41. The van der Waals surface area contributed by atoms with E-state index < -0.39 is 5.41 Å². The van der Waals surface area contributed by atoms with Gasteiger partial charge in [-0.3, -0.25) is 9.80 Å². The number of rotatable bonds is 9. The lowest BCUT2D eigenvalue weighted by Gasteiger charge is -2.21. The van der Waals surface area contributed by atoms with Crippen molar-refractivity contribution < 1.29 is 18.7 Å². The predicted molar refractivity (Wildman–Crippen MR) is 152 cm³/mol. The van der Waals surface area contributed by atoms with Gasteiger partial charge >= 0.3 is 12.0 Å². The fourth-order valence-electron chi connectivity index (χ4n) is 4.87. The highest BCUT2D eigenvalue weighted by Gasteiger charge is 2.29. The molecule has 13 nitrogen and oxygen atoms in total. The maximum Gasteiger partial charge on any atom is 0.318 e. The average Bonchev–Trinajstić information content (AvgIpc) is 3.70. The van der Waals surface area contributed by atoms with Crippen molar-refractivity contribution in [2.24, 2.45) is 22.9 Å². The van der Waals surface area contributed by atoms with Crippen LogP contribution in [0.25, 0.3) is 11.5 Å². The standard InChI is InChI=1S/C28H37N9O4/c1-28(2,3)25(38)40-16-37(30)15-23(29)18-7-8-36(14-18)27-35-34-24(41-27)20-12-31-26(32-13-20)33-21-9-17-5-6-22(39-4)11-19(17)10-21/h5-6,11-13,15,18,21H,7-10,14,16,29-30H2,1-4H3,(H,31,32,33)/b23-15-. The van der Waals surface area contributed by atoms with E-state index in [0.29, 0.717) is 42.2 Å². The molecule has 0 amide bonds. The number of carbonyl (C=O) groups is 1. The molecular weight excluding hydrogens is 526 g/mol. The van der Waals surface area contributed by atoms with Crippen molar-refractivity contribution in [2.45, 2.75) is 46.1 Å². The molecule has 218 valence electrons. The monoisotopic (exact) mass is 563 g/mol. The summed E-state index contributed by atoms with van der Waals surface area (Å²) in [6.45, 7) is 6.55. The van der Waals surface area contributed by atoms with Crippen LogP contribution in [-0.2, 0) is 22.4 Å². The Morgan fingerprint density at radius 3 is 2.71 bits per heavy atom. The van der Waals surface area contributed by atoms with Gasteiger partial charge in [-0.25, -0.2) is 15.8 Å².